The van der Waals surface area contributed by atoms with Gasteiger partial charge < -0.3 is 9.63 Å². The van der Waals surface area contributed by atoms with Crippen LogP contribution in [-0.4, -0.2) is 31.7 Å². The van der Waals surface area contributed by atoms with Crippen molar-refractivity contribution in [1.29, 1.82) is 0 Å². The van der Waals surface area contributed by atoms with Gasteiger partial charge in [-0.1, -0.05) is 35.5 Å². The molecule has 4 aromatic rings. The molecule has 0 saturated heterocycles. The number of hydrogen-bond acceptors (Lipinski definition) is 8. The molecule has 0 radical (unpaired) electrons. The molecule has 0 aliphatic carbocycles. The Bertz CT molecular complexity index is 1130. The first kappa shape index (κ1) is 18.9. The van der Waals surface area contributed by atoms with Crippen LogP contribution >= 0.6 is 11.8 Å². The van der Waals surface area contributed by atoms with Crippen LogP contribution in [0.15, 0.2) is 62.9 Å². The molecule has 0 bridgehead atoms. The Hall–Kier alpha value is -3.46. The Balaban J connectivity index is 1.59. The fraction of sp³-hybridized carbons (Fsp3) is 0.150. The fourth-order valence-corrected chi connectivity index (χ4v) is 4.00. The van der Waals surface area contributed by atoms with E-state index >= 15 is 0 Å². The van der Waals surface area contributed by atoms with Crippen molar-refractivity contribution in [3.63, 3.8) is 0 Å². The molecule has 4 rings (SSSR count). The maximum atomic E-state index is 12.9. The number of H-pyrrole nitrogens is 1. The SMILES string of the molecule is Cc1noc(C)c1CSc1ccccc1C([O-])=Nc1cccc(-c2nn[nH]n2)c1. The van der Waals surface area contributed by atoms with Gasteiger partial charge in [0.1, 0.15) is 5.76 Å². The second-order valence-electron chi connectivity index (χ2n) is 6.29. The smallest absolute Gasteiger partial charge is 0.204 e. The Labute approximate surface area is 171 Å². The van der Waals surface area contributed by atoms with E-state index in [9.17, 15) is 5.11 Å². The summed E-state index contributed by atoms with van der Waals surface area (Å²) >= 11 is 1.56. The van der Waals surface area contributed by atoms with Gasteiger partial charge in [0.2, 0.25) is 5.82 Å². The van der Waals surface area contributed by atoms with Crippen LogP contribution in [0, 0.1) is 13.8 Å². The molecule has 2 heterocycles. The van der Waals surface area contributed by atoms with Crippen molar-refractivity contribution in [2.24, 2.45) is 4.99 Å². The molecule has 8 nitrogen and oxygen atoms in total. The van der Waals surface area contributed by atoms with Gasteiger partial charge in [0.15, 0.2) is 0 Å². The van der Waals surface area contributed by atoms with Crippen molar-refractivity contribution in [3.8, 4) is 11.4 Å². The highest BCUT2D eigenvalue weighted by Gasteiger charge is 2.11. The first-order chi connectivity index (χ1) is 14.1. The molecule has 0 amide bonds. The summed E-state index contributed by atoms with van der Waals surface area (Å²) in [5.74, 6) is 1.60. The van der Waals surface area contributed by atoms with Crippen LogP contribution in [0.25, 0.3) is 11.4 Å². The summed E-state index contributed by atoms with van der Waals surface area (Å²) in [4.78, 5) is 5.13. The first-order valence-corrected chi connectivity index (χ1v) is 9.84. The van der Waals surface area contributed by atoms with Gasteiger partial charge in [0.05, 0.1) is 11.4 Å². The van der Waals surface area contributed by atoms with Gasteiger partial charge in [0.25, 0.3) is 0 Å². The zero-order valence-electron chi connectivity index (χ0n) is 15.8. The van der Waals surface area contributed by atoms with Crippen molar-refractivity contribution in [2.75, 3.05) is 0 Å². The molecule has 146 valence electrons. The number of hydrogen-bond donors (Lipinski definition) is 1. The second kappa shape index (κ2) is 8.27. The van der Waals surface area contributed by atoms with Crippen LogP contribution in [0.4, 0.5) is 5.69 Å². The van der Waals surface area contributed by atoms with E-state index in [1.54, 1.807) is 36.0 Å². The fourth-order valence-electron chi connectivity index (χ4n) is 2.80. The molecule has 2 aromatic heterocycles. The van der Waals surface area contributed by atoms with Gasteiger partial charge in [-0.3, -0.25) is 4.99 Å². The highest BCUT2D eigenvalue weighted by molar-refractivity contribution is 7.98. The molecule has 2 aromatic carbocycles. The number of benzene rings is 2. The average Bonchev–Trinajstić information content (AvgIpc) is 3.38. The largest absolute Gasteiger partial charge is 0.858 e. The number of nitrogens with zero attached hydrogens (tertiary/aromatic N) is 5. The van der Waals surface area contributed by atoms with Crippen LogP contribution in [0.1, 0.15) is 22.6 Å². The highest BCUT2D eigenvalue weighted by atomic mass is 32.2. The third-order valence-electron chi connectivity index (χ3n) is 4.35. The number of aromatic nitrogens is 5. The molecule has 0 atom stereocenters. The molecule has 29 heavy (non-hydrogen) atoms. The summed E-state index contributed by atoms with van der Waals surface area (Å²) in [5, 5.41) is 30.7. The molecular weight excluding hydrogens is 388 g/mol. The summed E-state index contributed by atoms with van der Waals surface area (Å²) in [6.07, 6.45) is 0. The average molecular weight is 405 g/mol. The van der Waals surface area contributed by atoms with Crippen LogP contribution in [0.3, 0.4) is 0 Å². The maximum absolute atomic E-state index is 12.9. The Morgan fingerprint density at radius 1 is 1.17 bits per heavy atom. The van der Waals surface area contributed by atoms with E-state index in [1.807, 2.05) is 38.1 Å². The monoisotopic (exact) mass is 405 g/mol. The number of nitrogens with one attached hydrogen (secondary N) is 1. The minimum atomic E-state index is -0.308. The lowest BCUT2D eigenvalue weighted by Crippen LogP contribution is -2.19. The lowest BCUT2D eigenvalue weighted by atomic mass is 10.2. The summed E-state index contributed by atoms with van der Waals surface area (Å²) in [6, 6.07) is 14.6. The van der Waals surface area contributed by atoms with Gasteiger partial charge >= 0.3 is 0 Å². The number of aromatic amines is 1. The van der Waals surface area contributed by atoms with Crippen molar-refractivity contribution in [3.05, 3.63) is 71.1 Å². The summed E-state index contributed by atoms with van der Waals surface area (Å²) in [7, 11) is 0. The number of aliphatic imine (C=N–C) groups is 1. The number of aryl methyl sites for hydroxylation is 2. The van der Waals surface area contributed by atoms with E-state index in [4.69, 9.17) is 4.52 Å². The Morgan fingerprint density at radius 2 is 2.03 bits per heavy atom. The molecule has 0 spiro atoms. The third kappa shape index (κ3) is 4.19. The predicted octanol–water partition coefficient (Wildman–Crippen LogP) is 3.20. The van der Waals surface area contributed by atoms with E-state index in [1.165, 1.54) is 0 Å². The zero-order valence-corrected chi connectivity index (χ0v) is 16.6. The Kier molecular flexibility index (Phi) is 5.39. The maximum Gasteiger partial charge on any atom is 0.204 e. The van der Waals surface area contributed by atoms with Crippen LogP contribution in [0.5, 0.6) is 0 Å². The summed E-state index contributed by atoms with van der Waals surface area (Å²) in [6.45, 7) is 3.80. The van der Waals surface area contributed by atoms with Gasteiger partial charge in [-0.25, -0.2) is 0 Å². The quantitative estimate of drug-likeness (QED) is 0.297. The van der Waals surface area contributed by atoms with Crippen molar-refractivity contribution in [2.45, 2.75) is 24.5 Å². The predicted molar refractivity (Wildman–Crippen MR) is 108 cm³/mol. The van der Waals surface area contributed by atoms with Gasteiger partial charge in [-0.2, -0.15) is 5.21 Å². The molecule has 0 aliphatic rings. The van der Waals surface area contributed by atoms with E-state index in [0.717, 1.165) is 27.5 Å². The number of tetrazole rings is 1. The molecule has 0 unspecified atom stereocenters. The van der Waals surface area contributed by atoms with Gasteiger partial charge in [0, 0.05) is 21.8 Å². The number of thioether (sulfide) groups is 1. The van der Waals surface area contributed by atoms with Crippen molar-refractivity contribution < 1.29 is 9.63 Å². The standard InChI is InChI=1S/C20H18N6O2S/c1-12-17(13(2)28-24-12)11-29-18-9-4-3-8-16(18)20(27)21-15-7-5-6-14(10-15)19-22-25-26-23-19/h3-10H,11H2,1-2H3,(H,21,27)(H,22,23,25,26)/p-1. The summed E-state index contributed by atoms with van der Waals surface area (Å²) in [5.41, 5.74) is 3.72. The normalized spacial score (nSPS) is 11.7. The molecule has 0 aliphatic heterocycles. The van der Waals surface area contributed by atoms with Gasteiger partial charge in [-0.15, -0.1) is 22.0 Å². The molecule has 1 N–H and O–H groups in total. The summed E-state index contributed by atoms with van der Waals surface area (Å²) < 4.78 is 5.22. The highest BCUT2D eigenvalue weighted by Crippen LogP contribution is 2.29. The Morgan fingerprint density at radius 3 is 2.79 bits per heavy atom. The van der Waals surface area contributed by atoms with E-state index in [0.29, 0.717) is 22.8 Å². The lowest BCUT2D eigenvalue weighted by molar-refractivity contribution is -0.212. The lowest BCUT2D eigenvalue weighted by Gasteiger charge is -2.15. The minimum Gasteiger partial charge on any atom is -0.858 e. The molecule has 0 saturated carbocycles. The van der Waals surface area contributed by atoms with E-state index < -0.39 is 0 Å². The minimum absolute atomic E-state index is 0.308. The second-order valence-corrected chi connectivity index (χ2v) is 7.31. The molecular formula is C20H17N6O2S-. The van der Waals surface area contributed by atoms with Gasteiger partial charge in [-0.05, 0) is 48.7 Å². The topological polar surface area (TPSA) is 116 Å². The molecule has 0 fully saturated rings. The first-order valence-electron chi connectivity index (χ1n) is 8.85. The van der Waals surface area contributed by atoms with Crippen molar-refractivity contribution >= 4 is 23.3 Å². The van der Waals surface area contributed by atoms with Crippen LogP contribution in [-0.2, 0) is 5.75 Å². The third-order valence-corrected chi connectivity index (χ3v) is 5.45. The van der Waals surface area contributed by atoms with E-state index in [-0.39, 0.29) is 5.90 Å². The van der Waals surface area contributed by atoms with Crippen molar-refractivity contribution in [1.82, 2.24) is 25.8 Å². The zero-order chi connectivity index (χ0) is 20.2. The van der Waals surface area contributed by atoms with E-state index in [2.05, 4.69) is 30.8 Å². The molecule has 9 heteroatoms. The van der Waals surface area contributed by atoms with Crippen LogP contribution < -0.4 is 5.11 Å². The van der Waals surface area contributed by atoms with Crippen LogP contribution in [0.2, 0.25) is 0 Å². The number of rotatable bonds is 6.